The molecule has 1 aliphatic heterocycles. The first kappa shape index (κ1) is 18.4. The van der Waals surface area contributed by atoms with E-state index in [1.807, 2.05) is 6.92 Å². The summed E-state index contributed by atoms with van der Waals surface area (Å²) in [5, 5.41) is 0. The molecule has 0 unspecified atom stereocenters. The van der Waals surface area contributed by atoms with Crippen molar-refractivity contribution in [3.05, 3.63) is 81.4 Å². The van der Waals surface area contributed by atoms with Crippen molar-refractivity contribution < 1.29 is 17.9 Å². The zero-order valence-corrected chi connectivity index (χ0v) is 15.5. The van der Waals surface area contributed by atoms with E-state index in [2.05, 4.69) is 15.9 Å². The lowest BCUT2D eigenvalue weighted by Crippen LogP contribution is -2.27. The maximum atomic E-state index is 14.1. The Kier molecular flexibility index (Phi) is 5.27. The van der Waals surface area contributed by atoms with Gasteiger partial charge in [-0.15, -0.1) is 0 Å². The molecular formula is C19H16BrF3N2O. The maximum absolute atomic E-state index is 14.1. The molecule has 3 nitrogen and oxygen atoms in total. The summed E-state index contributed by atoms with van der Waals surface area (Å²) in [6.07, 6.45) is 1.72. The molecule has 0 fully saturated rings. The van der Waals surface area contributed by atoms with Crippen molar-refractivity contribution in [3.8, 4) is 0 Å². The van der Waals surface area contributed by atoms with Crippen LogP contribution in [0.25, 0.3) is 0 Å². The number of rotatable bonds is 4. The van der Waals surface area contributed by atoms with Crippen molar-refractivity contribution in [3.63, 3.8) is 0 Å². The molecule has 0 spiro atoms. The number of nitrogens with two attached hydrogens (primary N) is 1. The minimum absolute atomic E-state index is 0.0486. The first-order chi connectivity index (χ1) is 12.3. The molecule has 0 amide bonds. The Morgan fingerprint density at radius 1 is 1.12 bits per heavy atom. The van der Waals surface area contributed by atoms with Crippen LogP contribution >= 0.6 is 15.9 Å². The highest BCUT2D eigenvalue weighted by molar-refractivity contribution is 9.11. The third-order valence-electron chi connectivity index (χ3n) is 3.99. The summed E-state index contributed by atoms with van der Waals surface area (Å²) >= 11 is 3.43. The standard InChI is InChI=1S/C19H16BrF3N2O/c1-11-6-19(26-10-12-2-3-13(21)7-17(12)23)15(20)9-25(11)18-8-14(24)4-5-16(18)22/h2-8H,9-10,24H2,1H3. The summed E-state index contributed by atoms with van der Waals surface area (Å²) in [5.41, 5.74) is 7.56. The van der Waals surface area contributed by atoms with E-state index in [0.717, 1.165) is 11.8 Å². The summed E-state index contributed by atoms with van der Waals surface area (Å²) in [6, 6.07) is 7.71. The number of hydrogen-bond acceptors (Lipinski definition) is 3. The first-order valence-electron chi connectivity index (χ1n) is 7.81. The lowest BCUT2D eigenvalue weighted by Gasteiger charge is -2.30. The van der Waals surface area contributed by atoms with Gasteiger partial charge in [0, 0.05) is 29.1 Å². The molecule has 26 heavy (non-hydrogen) atoms. The molecule has 7 heteroatoms. The summed E-state index contributed by atoms with van der Waals surface area (Å²) in [7, 11) is 0. The number of anilines is 2. The van der Waals surface area contributed by atoms with E-state index in [9.17, 15) is 13.2 Å². The lowest BCUT2D eigenvalue weighted by atomic mass is 10.1. The Morgan fingerprint density at radius 2 is 1.88 bits per heavy atom. The molecule has 2 aromatic carbocycles. The van der Waals surface area contributed by atoms with Gasteiger partial charge in [0.2, 0.25) is 0 Å². The summed E-state index contributed by atoms with van der Waals surface area (Å²) in [6.45, 7) is 2.10. The molecule has 3 rings (SSSR count). The number of nitrogen functional groups attached to an aromatic ring is 1. The summed E-state index contributed by atoms with van der Waals surface area (Å²) < 4.78 is 47.2. The van der Waals surface area contributed by atoms with Gasteiger partial charge >= 0.3 is 0 Å². The van der Waals surface area contributed by atoms with Crippen molar-refractivity contribution >= 4 is 27.3 Å². The third-order valence-corrected chi connectivity index (χ3v) is 4.63. The fourth-order valence-corrected chi connectivity index (χ4v) is 3.09. The van der Waals surface area contributed by atoms with Gasteiger partial charge < -0.3 is 15.4 Å². The van der Waals surface area contributed by atoms with Gasteiger partial charge in [-0.25, -0.2) is 13.2 Å². The Morgan fingerprint density at radius 3 is 2.62 bits per heavy atom. The van der Waals surface area contributed by atoms with Gasteiger partial charge in [-0.3, -0.25) is 0 Å². The number of halogens is 4. The lowest BCUT2D eigenvalue weighted by molar-refractivity contribution is 0.204. The molecule has 0 saturated carbocycles. The minimum Gasteiger partial charge on any atom is -0.488 e. The molecule has 1 aliphatic rings. The topological polar surface area (TPSA) is 38.5 Å². The number of hydrogen-bond donors (Lipinski definition) is 1. The third kappa shape index (κ3) is 3.88. The second-order valence-corrected chi connectivity index (χ2v) is 6.83. The van der Waals surface area contributed by atoms with Crippen LogP contribution in [-0.2, 0) is 11.3 Å². The first-order valence-corrected chi connectivity index (χ1v) is 8.60. The van der Waals surface area contributed by atoms with Crippen LogP contribution in [0.15, 0.2) is 58.4 Å². The highest BCUT2D eigenvalue weighted by atomic mass is 79.9. The molecule has 2 N–H and O–H groups in total. The Balaban J connectivity index is 1.78. The Labute approximate surface area is 157 Å². The van der Waals surface area contributed by atoms with E-state index in [0.29, 0.717) is 28.2 Å². The monoisotopic (exact) mass is 424 g/mol. The van der Waals surface area contributed by atoms with Crippen molar-refractivity contribution in [1.29, 1.82) is 0 Å². The van der Waals surface area contributed by atoms with Crippen molar-refractivity contribution in [2.24, 2.45) is 0 Å². The van der Waals surface area contributed by atoms with Gasteiger partial charge in [0.25, 0.3) is 0 Å². The van der Waals surface area contributed by atoms with Crippen LogP contribution in [0, 0.1) is 17.5 Å². The second-order valence-electron chi connectivity index (χ2n) is 5.88. The Hall–Kier alpha value is -2.41. The Bertz CT molecular complexity index is 912. The van der Waals surface area contributed by atoms with Crippen LogP contribution in [0.2, 0.25) is 0 Å². The van der Waals surface area contributed by atoms with Gasteiger partial charge in [0.05, 0.1) is 16.7 Å². The molecule has 0 aromatic heterocycles. The fourth-order valence-electron chi connectivity index (χ4n) is 2.61. The summed E-state index contributed by atoms with van der Waals surface area (Å²) in [4.78, 5) is 1.75. The molecule has 0 bridgehead atoms. The van der Waals surface area contributed by atoms with Gasteiger partial charge in [-0.1, -0.05) is 0 Å². The van der Waals surface area contributed by atoms with E-state index < -0.39 is 11.6 Å². The molecular weight excluding hydrogens is 409 g/mol. The number of benzene rings is 2. The maximum Gasteiger partial charge on any atom is 0.146 e. The predicted octanol–water partition coefficient (Wildman–Crippen LogP) is 5.23. The molecule has 0 aliphatic carbocycles. The molecule has 136 valence electrons. The van der Waals surface area contributed by atoms with Crippen molar-refractivity contribution in [1.82, 2.24) is 0 Å². The van der Waals surface area contributed by atoms with Crippen LogP contribution in [0.3, 0.4) is 0 Å². The van der Waals surface area contributed by atoms with E-state index >= 15 is 0 Å². The zero-order chi connectivity index (χ0) is 18.8. The van der Waals surface area contributed by atoms with Crippen molar-refractivity contribution in [2.75, 3.05) is 17.2 Å². The molecule has 2 aromatic rings. The van der Waals surface area contributed by atoms with Gasteiger partial charge in [-0.05, 0) is 53.2 Å². The predicted molar refractivity (Wildman–Crippen MR) is 99.0 cm³/mol. The highest BCUT2D eigenvalue weighted by Gasteiger charge is 2.21. The minimum atomic E-state index is -0.665. The van der Waals surface area contributed by atoms with Gasteiger partial charge in [-0.2, -0.15) is 0 Å². The smallest absolute Gasteiger partial charge is 0.146 e. The normalized spacial score (nSPS) is 14.5. The quantitative estimate of drug-likeness (QED) is 0.682. The van der Waals surface area contributed by atoms with Crippen LogP contribution < -0.4 is 10.6 Å². The largest absolute Gasteiger partial charge is 0.488 e. The molecule has 0 atom stereocenters. The van der Waals surface area contributed by atoms with Crippen LogP contribution in [0.1, 0.15) is 12.5 Å². The number of ether oxygens (including phenoxy) is 1. The van der Waals surface area contributed by atoms with Gasteiger partial charge in [0.1, 0.15) is 29.8 Å². The molecule has 0 radical (unpaired) electrons. The van der Waals surface area contributed by atoms with E-state index in [1.54, 1.807) is 17.0 Å². The fraction of sp³-hybridized carbons (Fsp3) is 0.158. The average Bonchev–Trinajstić information content (AvgIpc) is 2.59. The second kappa shape index (κ2) is 7.45. The van der Waals surface area contributed by atoms with Gasteiger partial charge in [0.15, 0.2) is 0 Å². The van der Waals surface area contributed by atoms with E-state index in [-0.39, 0.29) is 18.0 Å². The average molecular weight is 425 g/mol. The van der Waals surface area contributed by atoms with Crippen LogP contribution in [0.4, 0.5) is 24.5 Å². The molecule has 1 heterocycles. The van der Waals surface area contributed by atoms with E-state index in [1.165, 1.54) is 24.3 Å². The van der Waals surface area contributed by atoms with Crippen molar-refractivity contribution in [2.45, 2.75) is 13.5 Å². The van der Waals surface area contributed by atoms with E-state index in [4.69, 9.17) is 10.5 Å². The summed E-state index contributed by atoms with van der Waals surface area (Å²) in [5.74, 6) is -1.18. The number of nitrogens with zero attached hydrogens (tertiary/aromatic N) is 1. The van der Waals surface area contributed by atoms with Crippen LogP contribution in [0.5, 0.6) is 0 Å². The molecule has 0 saturated heterocycles. The number of allylic oxidation sites excluding steroid dienone is 2. The zero-order valence-electron chi connectivity index (χ0n) is 13.9. The SMILES string of the molecule is CC1=CC(OCc2ccc(F)cc2F)=C(Br)CN1c1cc(N)ccc1F. The highest BCUT2D eigenvalue weighted by Crippen LogP contribution is 2.32. The van der Waals surface area contributed by atoms with Crippen LogP contribution in [-0.4, -0.2) is 6.54 Å².